The third-order valence-electron chi connectivity index (χ3n) is 4.67. The summed E-state index contributed by atoms with van der Waals surface area (Å²) < 4.78 is 1.98. The third kappa shape index (κ3) is 3.82. The molecule has 0 unspecified atom stereocenters. The molecule has 1 fully saturated rings. The van der Waals surface area contributed by atoms with E-state index in [0.29, 0.717) is 12.0 Å². The Kier molecular flexibility index (Phi) is 5.14. The predicted molar refractivity (Wildman–Crippen MR) is 92.9 cm³/mol. The van der Waals surface area contributed by atoms with Crippen LogP contribution in [0.3, 0.4) is 0 Å². The molecule has 2 atom stereocenters. The molecule has 2 aliphatic heterocycles. The van der Waals surface area contributed by atoms with Gasteiger partial charge in [-0.25, -0.2) is 14.5 Å². The SMILES string of the molecule is CC(C)c1nc2n(n1)C[C@@H](NC(=O)N1CCSCC[C@H]1C)CC2. The van der Waals surface area contributed by atoms with Crippen molar-refractivity contribution in [2.45, 2.75) is 64.6 Å². The van der Waals surface area contributed by atoms with Gasteiger partial charge >= 0.3 is 6.03 Å². The Morgan fingerprint density at radius 2 is 2.17 bits per heavy atom. The first-order valence-corrected chi connectivity index (χ1v) is 9.78. The average molecular weight is 337 g/mol. The van der Waals surface area contributed by atoms with Gasteiger partial charge in [0.25, 0.3) is 0 Å². The first kappa shape index (κ1) is 16.6. The summed E-state index contributed by atoms with van der Waals surface area (Å²) in [6.07, 6.45) is 2.91. The molecule has 1 aromatic heterocycles. The molecule has 3 rings (SSSR count). The minimum Gasteiger partial charge on any atom is -0.333 e. The summed E-state index contributed by atoms with van der Waals surface area (Å²) in [4.78, 5) is 19.2. The molecule has 0 radical (unpaired) electrons. The number of nitrogens with zero attached hydrogens (tertiary/aromatic N) is 4. The van der Waals surface area contributed by atoms with Gasteiger partial charge in [-0.05, 0) is 25.5 Å². The smallest absolute Gasteiger partial charge is 0.317 e. The summed E-state index contributed by atoms with van der Waals surface area (Å²) in [7, 11) is 0. The standard InChI is InChI=1S/C16H27N5OS/c1-11(2)15-18-14-5-4-13(10-21(14)19-15)17-16(22)20-7-9-23-8-6-12(20)3/h11-13H,4-10H2,1-3H3,(H,17,22)/t12-,13+/m1/s1. The van der Waals surface area contributed by atoms with Crippen molar-refractivity contribution in [2.24, 2.45) is 0 Å². The normalized spacial score (nSPS) is 25.1. The molecule has 2 aliphatic rings. The Bertz CT molecular complexity index is 559. The van der Waals surface area contributed by atoms with E-state index in [1.807, 2.05) is 21.3 Å². The molecule has 6 nitrogen and oxygen atoms in total. The quantitative estimate of drug-likeness (QED) is 0.899. The molecule has 0 aliphatic carbocycles. The zero-order valence-corrected chi connectivity index (χ0v) is 15.1. The summed E-state index contributed by atoms with van der Waals surface area (Å²) in [5.74, 6) is 4.49. The van der Waals surface area contributed by atoms with Crippen molar-refractivity contribution in [3.63, 3.8) is 0 Å². The maximum atomic E-state index is 12.6. The fourth-order valence-electron chi connectivity index (χ4n) is 3.14. The number of carbonyl (C=O) groups is 1. The zero-order chi connectivity index (χ0) is 16.4. The highest BCUT2D eigenvalue weighted by Crippen LogP contribution is 2.19. The van der Waals surface area contributed by atoms with Gasteiger partial charge in [-0.15, -0.1) is 0 Å². The fourth-order valence-corrected chi connectivity index (χ4v) is 4.18. The average Bonchev–Trinajstić information content (AvgIpc) is 2.82. The van der Waals surface area contributed by atoms with Crippen LogP contribution in [-0.4, -0.2) is 55.8 Å². The van der Waals surface area contributed by atoms with Gasteiger partial charge in [-0.3, -0.25) is 0 Å². The molecule has 0 spiro atoms. The second kappa shape index (κ2) is 7.11. The van der Waals surface area contributed by atoms with Crippen LogP contribution in [0.15, 0.2) is 0 Å². The Labute approximate surface area is 142 Å². The van der Waals surface area contributed by atoms with Crippen LogP contribution in [0.4, 0.5) is 4.79 Å². The van der Waals surface area contributed by atoms with Gasteiger partial charge in [0, 0.05) is 30.7 Å². The monoisotopic (exact) mass is 337 g/mol. The van der Waals surface area contributed by atoms with Gasteiger partial charge in [-0.1, -0.05) is 13.8 Å². The van der Waals surface area contributed by atoms with Crippen LogP contribution in [0.1, 0.15) is 51.2 Å². The molecule has 1 N–H and O–H groups in total. The van der Waals surface area contributed by atoms with Crippen molar-refractivity contribution in [2.75, 3.05) is 18.1 Å². The number of nitrogens with one attached hydrogen (secondary N) is 1. The molecule has 1 saturated heterocycles. The minimum atomic E-state index is 0.0812. The summed E-state index contributed by atoms with van der Waals surface area (Å²) in [6, 6.07) is 0.556. The Morgan fingerprint density at radius 3 is 2.96 bits per heavy atom. The number of aromatic nitrogens is 3. The molecule has 3 heterocycles. The largest absolute Gasteiger partial charge is 0.333 e. The van der Waals surface area contributed by atoms with Crippen LogP contribution in [0.5, 0.6) is 0 Å². The van der Waals surface area contributed by atoms with E-state index >= 15 is 0 Å². The lowest BCUT2D eigenvalue weighted by molar-refractivity contribution is 0.175. The molecular formula is C16H27N5OS. The van der Waals surface area contributed by atoms with Crippen molar-refractivity contribution in [1.29, 1.82) is 0 Å². The van der Waals surface area contributed by atoms with Crippen molar-refractivity contribution < 1.29 is 4.79 Å². The van der Waals surface area contributed by atoms with E-state index in [9.17, 15) is 4.79 Å². The van der Waals surface area contributed by atoms with Crippen LogP contribution < -0.4 is 5.32 Å². The van der Waals surface area contributed by atoms with E-state index in [1.54, 1.807) is 0 Å². The summed E-state index contributed by atoms with van der Waals surface area (Å²) in [6.45, 7) is 7.95. The molecule has 2 amide bonds. The molecule has 0 bridgehead atoms. The number of urea groups is 1. The maximum Gasteiger partial charge on any atom is 0.317 e. The maximum absolute atomic E-state index is 12.6. The molecule has 7 heteroatoms. The van der Waals surface area contributed by atoms with Crippen molar-refractivity contribution >= 4 is 17.8 Å². The lowest BCUT2D eigenvalue weighted by Crippen LogP contribution is -2.50. The van der Waals surface area contributed by atoms with E-state index in [2.05, 4.69) is 36.2 Å². The first-order chi connectivity index (χ1) is 11.0. The van der Waals surface area contributed by atoms with Gasteiger partial charge in [0.1, 0.15) is 5.82 Å². The lowest BCUT2D eigenvalue weighted by atomic mass is 10.1. The molecule has 23 heavy (non-hydrogen) atoms. The Hall–Kier alpha value is -1.24. The minimum absolute atomic E-state index is 0.0812. The highest BCUT2D eigenvalue weighted by Gasteiger charge is 2.27. The molecule has 0 aromatic carbocycles. The van der Waals surface area contributed by atoms with E-state index in [4.69, 9.17) is 0 Å². The Morgan fingerprint density at radius 1 is 1.35 bits per heavy atom. The molecule has 0 saturated carbocycles. The van der Waals surface area contributed by atoms with Crippen LogP contribution >= 0.6 is 11.8 Å². The number of carbonyl (C=O) groups excluding carboxylic acids is 1. The second-order valence-corrected chi connectivity index (χ2v) is 8.08. The summed E-state index contributed by atoms with van der Waals surface area (Å²) in [5, 5.41) is 7.80. The lowest BCUT2D eigenvalue weighted by Gasteiger charge is -2.31. The van der Waals surface area contributed by atoms with E-state index in [1.165, 1.54) is 0 Å². The van der Waals surface area contributed by atoms with Crippen LogP contribution in [0, 0.1) is 0 Å². The topological polar surface area (TPSA) is 63.1 Å². The van der Waals surface area contributed by atoms with E-state index < -0.39 is 0 Å². The number of aryl methyl sites for hydroxylation is 1. The number of hydrogen-bond donors (Lipinski definition) is 1. The fraction of sp³-hybridized carbons (Fsp3) is 0.812. The van der Waals surface area contributed by atoms with Crippen LogP contribution in [-0.2, 0) is 13.0 Å². The number of fused-ring (bicyclic) bond motifs is 1. The van der Waals surface area contributed by atoms with Gasteiger partial charge in [0.15, 0.2) is 5.82 Å². The van der Waals surface area contributed by atoms with Gasteiger partial charge < -0.3 is 10.2 Å². The highest BCUT2D eigenvalue weighted by molar-refractivity contribution is 7.99. The third-order valence-corrected chi connectivity index (χ3v) is 5.66. The van der Waals surface area contributed by atoms with Gasteiger partial charge in [0.05, 0.1) is 12.6 Å². The number of thioether (sulfide) groups is 1. The van der Waals surface area contributed by atoms with Gasteiger partial charge in [-0.2, -0.15) is 16.9 Å². The number of rotatable bonds is 2. The highest BCUT2D eigenvalue weighted by atomic mass is 32.2. The van der Waals surface area contributed by atoms with Crippen LogP contribution in [0.25, 0.3) is 0 Å². The first-order valence-electron chi connectivity index (χ1n) is 8.63. The van der Waals surface area contributed by atoms with Crippen LogP contribution in [0.2, 0.25) is 0 Å². The van der Waals surface area contributed by atoms with Crippen molar-refractivity contribution in [3.05, 3.63) is 11.6 Å². The Balaban J connectivity index is 1.61. The zero-order valence-electron chi connectivity index (χ0n) is 14.3. The van der Waals surface area contributed by atoms with E-state index in [-0.39, 0.29) is 12.1 Å². The second-order valence-electron chi connectivity index (χ2n) is 6.85. The molecule has 1 aromatic rings. The number of hydrogen-bond acceptors (Lipinski definition) is 4. The summed E-state index contributed by atoms with van der Waals surface area (Å²) in [5.41, 5.74) is 0. The molecule has 128 valence electrons. The van der Waals surface area contributed by atoms with E-state index in [0.717, 1.165) is 55.5 Å². The van der Waals surface area contributed by atoms with Crippen molar-refractivity contribution in [3.8, 4) is 0 Å². The van der Waals surface area contributed by atoms with Crippen molar-refractivity contribution in [1.82, 2.24) is 25.0 Å². The molecular weight excluding hydrogens is 310 g/mol. The summed E-state index contributed by atoms with van der Waals surface area (Å²) >= 11 is 1.94. The number of amides is 2. The predicted octanol–water partition coefficient (Wildman–Crippen LogP) is 2.25. The van der Waals surface area contributed by atoms with Gasteiger partial charge in [0.2, 0.25) is 0 Å².